The van der Waals surface area contributed by atoms with E-state index in [4.69, 9.17) is 21.1 Å². The molecule has 0 unspecified atom stereocenters. The molecule has 5 nitrogen and oxygen atoms in total. The van der Waals surface area contributed by atoms with E-state index in [2.05, 4.69) is 5.32 Å². The van der Waals surface area contributed by atoms with Crippen molar-refractivity contribution in [3.8, 4) is 11.5 Å². The molecule has 1 aliphatic rings. The van der Waals surface area contributed by atoms with Gasteiger partial charge in [-0.05, 0) is 29.8 Å². The number of anilines is 1. The lowest BCUT2D eigenvalue weighted by molar-refractivity contribution is 0.0666. The third kappa shape index (κ3) is 3.61. The maximum absolute atomic E-state index is 13.4. The maximum atomic E-state index is 13.4. The number of carbonyl (C=O) groups excluding carboxylic acids is 1. The van der Waals surface area contributed by atoms with Crippen molar-refractivity contribution in [2.24, 2.45) is 0 Å². The second-order valence-electron chi connectivity index (χ2n) is 6.75. The second kappa shape index (κ2) is 8.05. The minimum Gasteiger partial charge on any atom is -0.493 e. The first-order chi connectivity index (χ1) is 14.1. The van der Waals surface area contributed by atoms with E-state index in [0.717, 1.165) is 16.8 Å². The fraction of sp³-hybridized carbons (Fsp3) is 0.174. The Hall–Kier alpha value is -3.18. The predicted molar refractivity (Wildman–Crippen MR) is 114 cm³/mol. The molecule has 0 fully saturated rings. The van der Waals surface area contributed by atoms with Crippen molar-refractivity contribution in [3.05, 3.63) is 88.4 Å². The number of carbonyl (C=O) groups is 1. The number of methoxy groups -OCH3 is 2. The molecule has 4 rings (SSSR count). The van der Waals surface area contributed by atoms with Crippen LogP contribution in [-0.4, -0.2) is 25.0 Å². The third-order valence-electron chi connectivity index (χ3n) is 4.99. The summed E-state index contributed by atoms with van der Waals surface area (Å²) in [5.41, 5.74) is 3.29. The van der Waals surface area contributed by atoms with Gasteiger partial charge in [-0.3, -0.25) is 4.79 Å². The van der Waals surface area contributed by atoms with Crippen LogP contribution in [-0.2, 0) is 6.54 Å². The van der Waals surface area contributed by atoms with Gasteiger partial charge >= 0.3 is 0 Å². The van der Waals surface area contributed by atoms with E-state index in [1.54, 1.807) is 25.2 Å². The highest BCUT2D eigenvalue weighted by Gasteiger charge is 2.33. The van der Waals surface area contributed by atoms with Crippen LogP contribution in [0.4, 0.5) is 5.69 Å². The number of hydrogen-bond donors (Lipinski definition) is 1. The summed E-state index contributed by atoms with van der Waals surface area (Å²) < 4.78 is 10.8. The number of ether oxygens (including phenoxy) is 2. The average Bonchev–Trinajstić information content (AvgIpc) is 2.75. The summed E-state index contributed by atoms with van der Waals surface area (Å²) in [4.78, 5) is 15.2. The summed E-state index contributed by atoms with van der Waals surface area (Å²) in [7, 11) is 3.11. The normalized spacial score (nSPS) is 15.5. The number of amides is 1. The van der Waals surface area contributed by atoms with Crippen molar-refractivity contribution < 1.29 is 14.3 Å². The summed E-state index contributed by atoms with van der Waals surface area (Å²) in [6.45, 7) is 0.456. The van der Waals surface area contributed by atoms with Crippen LogP contribution in [0.1, 0.15) is 27.7 Å². The number of rotatable bonds is 5. The van der Waals surface area contributed by atoms with Crippen molar-refractivity contribution in [3.63, 3.8) is 0 Å². The molecule has 0 spiro atoms. The van der Waals surface area contributed by atoms with Gasteiger partial charge < -0.3 is 19.7 Å². The Morgan fingerprint density at radius 2 is 1.72 bits per heavy atom. The van der Waals surface area contributed by atoms with E-state index in [0.29, 0.717) is 28.6 Å². The minimum atomic E-state index is -0.407. The first kappa shape index (κ1) is 19.2. The van der Waals surface area contributed by atoms with Gasteiger partial charge in [-0.2, -0.15) is 0 Å². The molecule has 0 saturated heterocycles. The second-order valence-corrected chi connectivity index (χ2v) is 7.16. The van der Waals surface area contributed by atoms with Gasteiger partial charge in [0.15, 0.2) is 11.5 Å². The lowest BCUT2D eigenvalue weighted by Gasteiger charge is -2.38. The Morgan fingerprint density at radius 3 is 2.45 bits per heavy atom. The lowest BCUT2D eigenvalue weighted by atomic mass is 10.0. The first-order valence-electron chi connectivity index (χ1n) is 9.24. The minimum absolute atomic E-state index is 0.0425. The van der Waals surface area contributed by atoms with Crippen molar-refractivity contribution in [1.29, 1.82) is 0 Å². The van der Waals surface area contributed by atoms with Gasteiger partial charge in [0.2, 0.25) is 0 Å². The van der Waals surface area contributed by atoms with Crippen molar-refractivity contribution >= 4 is 23.2 Å². The third-order valence-corrected chi connectivity index (χ3v) is 5.27. The summed E-state index contributed by atoms with van der Waals surface area (Å²) >= 11 is 6.44. The fourth-order valence-electron chi connectivity index (χ4n) is 3.59. The zero-order chi connectivity index (χ0) is 20.4. The summed E-state index contributed by atoms with van der Waals surface area (Å²) in [6, 6.07) is 21.1. The number of benzene rings is 3. The van der Waals surface area contributed by atoms with Crippen LogP contribution in [0, 0.1) is 0 Å². The van der Waals surface area contributed by atoms with Crippen LogP contribution in [0.3, 0.4) is 0 Å². The Balaban J connectivity index is 1.80. The Labute approximate surface area is 174 Å². The van der Waals surface area contributed by atoms with Crippen LogP contribution >= 0.6 is 11.6 Å². The molecule has 1 heterocycles. The van der Waals surface area contributed by atoms with Crippen LogP contribution in [0.25, 0.3) is 0 Å². The monoisotopic (exact) mass is 408 g/mol. The van der Waals surface area contributed by atoms with E-state index in [1.807, 2.05) is 60.7 Å². The molecule has 6 heteroatoms. The number of nitrogens with one attached hydrogen (secondary N) is 1. The number of nitrogens with zero attached hydrogens (tertiary/aromatic N) is 1. The zero-order valence-electron chi connectivity index (χ0n) is 16.2. The van der Waals surface area contributed by atoms with E-state index < -0.39 is 6.17 Å². The zero-order valence-corrected chi connectivity index (χ0v) is 16.9. The molecular formula is C23H21ClN2O3. The van der Waals surface area contributed by atoms with Crippen LogP contribution in [0.15, 0.2) is 66.7 Å². The molecule has 1 N–H and O–H groups in total. The van der Waals surface area contributed by atoms with Gasteiger partial charge in [0.05, 0.1) is 24.8 Å². The first-order valence-corrected chi connectivity index (χ1v) is 9.62. The highest BCUT2D eigenvalue weighted by molar-refractivity contribution is 6.32. The van der Waals surface area contributed by atoms with Gasteiger partial charge in [-0.1, -0.05) is 54.1 Å². The average molecular weight is 409 g/mol. The van der Waals surface area contributed by atoms with Gasteiger partial charge in [-0.25, -0.2) is 0 Å². The summed E-state index contributed by atoms with van der Waals surface area (Å²) in [6.07, 6.45) is -0.407. The topological polar surface area (TPSA) is 50.8 Å². The molecule has 148 valence electrons. The number of para-hydroxylation sites is 1. The smallest absolute Gasteiger partial charge is 0.258 e. The van der Waals surface area contributed by atoms with Crippen LogP contribution in [0.2, 0.25) is 5.02 Å². The standard InChI is InChI=1S/C23H21ClN2O3/c1-28-20-13-16(12-18(24)21(20)29-2)22-25-19-11-7-6-10-17(19)23(27)26(22)14-15-8-4-3-5-9-15/h3-13,22,25H,14H2,1-2H3/t22-/m0/s1. The van der Waals surface area contributed by atoms with Gasteiger partial charge in [0.1, 0.15) is 6.17 Å². The predicted octanol–water partition coefficient (Wildman–Crippen LogP) is 5.12. The van der Waals surface area contributed by atoms with Crippen LogP contribution < -0.4 is 14.8 Å². The molecule has 1 atom stereocenters. The van der Waals surface area contributed by atoms with E-state index >= 15 is 0 Å². The largest absolute Gasteiger partial charge is 0.493 e. The molecular weight excluding hydrogens is 388 g/mol. The van der Waals surface area contributed by atoms with Crippen molar-refractivity contribution in [1.82, 2.24) is 4.90 Å². The molecule has 0 saturated carbocycles. The van der Waals surface area contributed by atoms with Crippen molar-refractivity contribution in [2.75, 3.05) is 19.5 Å². The highest BCUT2D eigenvalue weighted by Crippen LogP contribution is 2.41. The molecule has 29 heavy (non-hydrogen) atoms. The molecule has 1 amide bonds. The number of hydrogen-bond acceptors (Lipinski definition) is 4. The van der Waals surface area contributed by atoms with Gasteiger partial charge in [-0.15, -0.1) is 0 Å². The molecule has 0 radical (unpaired) electrons. The molecule has 1 aliphatic heterocycles. The fourth-order valence-corrected chi connectivity index (χ4v) is 3.89. The number of halogens is 1. The van der Waals surface area contributed by atoms with Crippen molar-refractivity contribution in [2.45, 2.75) is 12.7 Å². The van der Waals surface area contributed by atoms with Crippen LogP contribution in [0.5, 0.6) is 11.5 Å². The van der Waals surface area contributed by atoms with E-state index in [1.165, 1.54) is 0 Å². The lowest BCUT2D eigenvalue weighted by Crippen LogP contribution is -2.42. The molecule has 3 aromatic rings. The molecule has 0 aliphatic carbocycles. The quantitative estimate of drug-likeness (QED) is 0.636. The highest BCUT2D eigenvalue weighted by atomic mass is 35.5. The van der Waals surface area contributed by atoms with E-state index in [-0.39, 0.29) is 5.91 Å². The van der Waals surface area contributed by atoms with Gasteiger partial charge in [0, 0.05) is 17.8 Å². The summed E-state index contributed by atoms with van der Waals surface area (Å²) in [5.74, 6) is 0.942. The molecule has 0 aromatic heterocycles. The molecule has 0 bridgehead atoms. The maximum Gasteiger partial charge on any atom is 0.258 e. The number of fused-ring (bicyclic) bond motifs is 1. The van der Waals surface area contributed by atoms with Gasteiger partial charge in [0.25, 0.3) is 5.91 Å². The SMILES string of the molecule is COc1cc([C@H]2Nc3ccccc3C(=O)N2Cc2ccccc2)cc(Cl)c1OC. The summed E-state index contributed by atoms with van der Waals surface area (Å²) in [5, 5.41) is 3.91. The molecule has 3 aromatic carbocycles. The van der Waals surface area contributed by atoms with E-state index in [9.17, 15) is 4.79 Å². The Morgan fingerprint density at radius 1 is 1.00 bits per heavy atom. The Kier molecular flexibility index (Phi) is 5.32. The Bertz CT molecular complexity index is 1040.